The monoisotopic (exact) mass is 203 g/mol. The first kappa shape index (κ1) is 7.76. The Hall–Kier alpha value is -1.61. The van der Waals surface area contributed by atoms with E-state index in [1.807, 2.05) is 30.5 Å². The average molecular weight is 204 g/mol. The van der Waals surface area contributed by atoms with Crippen molar-refractivity contribution in [3.8, 4) is 0 Å². The van der Waals surface area contributed by atoms with Crippen LogP contribution in [0.2, 0.25) is 0 Å². The molecule has 0 saturated carbocycles. The Bertz CT molecular complexity index is 615. The number of fused-ring (bicyclic) bond motifs is 3. The van der Waals surface area contributed by atoms with Gasteiger partial charge in [-0.25, -0.2) is 0 Å². The quantitative estimate of drug-likeness (QED) is 0.562. The van der Waals surface area contributed by atoms with Gasteiger partial charge in [0.25, 0.3) is 0 Å². The minimum atomic E-state index is 0.862. The van der Waals surface area contributed by atoms with Crippen molar-refractivity contribution >= 4 is 33.6 Å². The van der Waals surface area contributed by atoms with Gasteiger partial charge >= 0.3 is 0 Å². The van der Waals surface area contributed by atoms with Gasteiger partial charge in [-0.3, -0.25) is 4.09 Å². The molecule has 0 atom stereocenters. The van der Waals surface area contributed by atoms with Crippen molar-refractivity contribution < 1.29 is 0 Å². The van der Waals surface area contributed by atoms with Crippen LogP contribution in [0.5, 0.6) is 0 Å². The molecular formula is C10H6ClN3. The third kappa shape index (κ3) is 0.930. The zero-order valence-electron chi connectivity index (χ0n) is 7.18. The number of hydrogen-bond donors (Lipinski definition) is 0. The van der Waals surface area contributed by atoms with E-state index in [-0.39, 0.29) is 0 Å². The zero-order chi connectivity index (χ0) is 9.54. The molecule has 0 unspecified atom stereocenters. The van der Waals surface area contributed by atoms with Crippen LogP contribution in [0, 0.1) is 0 Å². The maximum atomic E-state index is 6.02. The lowest BCUT2D eigenvalue weighted by Gasteiger charge is -1.98. The van der Waals surface area contributed by atoms with Gasteiger partial charge in [0, 0.05) is 28.7 Å². The third-order valence-corrected chi connectivity index (χ3v) is 2.58. The van der Waals surface area contributed by atoms with E-state index in [2.05, 4.69) is 10.2 Å². The van der Waals surface area contributed by atoms with Crippen LogP contribution >= 0.6 is 11.8 Å². The molecule has 0 fully saturated rings. The molecule has 0 radical (unpaired) electrons. The molecule has 4 heteroatoms. The minimum Gasteiger partial charge on any atom is -0.260 e. The summed E-state index contributed by atoms with van der Waals surface area (Å²) in [5.41, 5.74) is 1.85. The van der Waals surface area contributed by atoms with Gasteiger partial charge in [-0.2, -0.15) is 10.2 Å². The van der Waals surface area contributed by atoms with E-state index in [1.54, 1.807) is 10.3 Å². The van der Waals surface area contributed by atoms with Gasteiger partial charge < -0.3 is 0 Å². The maximum absolute atomic E-state index is 6.02. The standard InChI is InChI=1S/C10H6ClN3/c11-14-6-4-7-1-2-9-8(10(7)14)3-5-12-13-9/h1-6H. The van der Waals surface area contributed by atoms with Crippen molar-refractivity contribution in [2.45, 2.75) is 0 Å². The van der Waals surface area contributed by atoms with Gasteiger partial charge in [-0.05, 0) is 18.2 Å². The third-order valence-electron chi connectivity index (χ3n) is 2.30. The van der Waals surface area contributed by atoms with E-state index in [4.69, 9.17) is 11.8 Å². The number of hydrogen-bond acceptors (Lipinski definition) is 2. The zero-order valence-corrected chi connectivity index (χ0v) is 7.94. The Labute approximate surface area is 85.0 Å². The normalized spacial score (nSPS) is 11.2. The molecule has 2 heterocycles. The number of aromatic nitrogens is 3. The highest BCUT2D eigenvalue weighted by Gasteiger charge is 2.04. The summed E-state index contributed by atoms with van der Waals surface area (Å²) < 4.78 is 1.58. The summed E-state index contributed by atoms with van der Waals surface area (Å²) in [5, 5.41) is 10.00. The van der Waals surface area contributed by atoms with Crippen molar-refractivity contribution in [1.82, 2.24) is 14.3 Å². The molecule has 3 rings (SSSR count). The van der Waals surface area contributed by atoms with Crippen molar-refractivity contribution in [3.05, 3.63) is 36.7 Å². The lowest BCUT2D eigenvalue weighted by molar-refractivity contribution is 1.08. The van der Waals surface area contributed by atoms with Gasteiger partial charge in [0.2, 0.25) is 0 Å². The smallest absolute Gasteiger partial charge is 0.0951 e. The van der Waals surface area contributed by atoms with Gasteiger partial charge in [0.15, 0.2) is 0 Å². The highest BCUT2D eigenvalue weighted by atomic mass is 35.5. The van der Waals surface area contributed by atoms with Gasteiger partial charge in [-0.1, -0.05) is 6.07 Å². The summed E-state index contributed by atoms with van der Waals surface area (Å²) in [5.74, 6) is 0. The van der Waals surface area contributed by atoms with Gasteiger partial charge in [0.05, 0.1) is 17.2 Å². The second-order valence-corrected chi connectivity index (χ2v) is 3.46. The van der Waals surface area contributed by atoms with E-state index >= 15 is 0 Å². The average Bonchev–Trinajstić information content (AvgIpc) is 2.61. The van der Waals surface area contributed by atoms with Crippen molar-refractivity contribution in [2.75, 3.05) is 0 Å². The number of halogens is 1. The van der Waals surface area contributed by atoms with Crippen LogP contribution in [0.4, 0.5) is 0 Å². The van der Waals surface area contributed by atoms with Crippen LogP contribution in [0.15, 0.2) is 36.7 Å². The Morgan fingerprint density at radius 2 is 2.07 bits per heavy atom. The summed E-state index contributed by atoms with van der Waals surface area (Å²) in [6.45, 7) is 0. The fourth-order valence-corrected chi connectivity index (χ4v) is 1.91. The van der Waals surface area contributed by atoms with E-state index in [0.717, 1.165) is 21.8 Å². The largest absolute Gasteiger partial charge is 0.260 e. The lowest BCUT2D eigenvalue weighted by atomic mass is 10.2. The highest BCUT2D eigenvalue weighted by molar-refractivity contribution is 6.22. The molecule has 2 aromatic heterocycles. The Kier molecular flexibility index (Phi) is 1.49. The minimum absolute atomic E-state index is 0.862. The molecule has 0 saturated heterocycles. The molecule has 1 aromatic carbocycles. The topological polar surface area (TPSA) is 30.7 Å². The molecule has 0 aliphatic carbocycles. The summed E-state index contributed by atoms with van der Waals surface area (Å²) in [6, 6.07) is 7.83. The molecule has 0 aliphatic heterocycles. The Balaban J connectivity index is 2.65. The first-order valence-corrected chi connectivity index (χ1v) is 4.58. The molecule has 3 aromatic rings. The number of rotatable bonds is 0. The predicted octanol–water partition coefficient (Wildman–Crippen LogP) is 2.59. The molecular weight excluding hydrogens is 198 g/mol. The number of benzene rings is 1. The van der Waals surface area contributed by atoms with Crippen LogP contribution < -0.4 is 0 Å². The summed E-state index contributed by atoms with van der Waals surface area (Å²) >= 11 is 6.02. The molecule has 3 nitrogen and oxygen atoms in total. The molecule has 0 spiro atoms. The molecule has 0 N–H and O–H groups in total. The molecule has 0 amide bonds. The summed E-state index contributed by atoms with van der Waals surface area (Å²) in [4.78, 5) is 0. The van der Waals surface area contributed by atoms with E-state index < -0.39 is 0 Å². The van der Waals surface area contributed by atoms with E-state index in [9.17, 15) is 0 Å². The van der Waals surface area contributed by atoms with Crippen molar-refractivity contribution in [3.63, 3.8) is 0 Å². The van der Waals surface area contributed by atoms with Crippen LogP contribution in [0.1, 0.15) is 0 Å². The molecule has 68 valence electrons. The van der Waals surface area contributed by atoms with Gasteiger partial charge in [-0.15, -0.1) is 0 Å². The lowest BCUT2D eigenvalue weighted by Crippen LogP contribution is -1.85. The van der Waals surface area contributed by atoms with Crippen molar-refractivity contribution in [1.29, 1.82) is 0 Å². The second-order valence-electron chi connectivity index (χ2n) is 3.09. The van der Waals surface area contributed by atoms with Crippen LogP contribution in [-0.2, 0) is 0 Å². The Morgan fingerprint density at radius 3 is 3.00 bits per heavy atom. The fraction of sp³-hybridized carbons (Fsp3) is 0. The Morgan fingerprint density at radius 1 is 1.14 bits per heavy atom. The van der Waals surface area contributed by atoms with Crippen molar-refractivity contribution in [2.24, 2.45) is 0 Å². The van der Waals surface area contributed by atoms with E-state index in [0.29, 0.717) is 0 Å². The molecule has 0 bridgehead atoms. The van der Waals surface area contributed by atoms with Crippen LogP contribution in [-0.4, -0.2) is 14.3 Å². The molecule has 14 heavy (non-hydrogen) atoms. The summed E-state index contributed by atoms with van der Waals surface area (Å²) in [7, 11) is 0. The maximum Gasteiger partial charge on any atom is 0.0951 e. The summed E-state index contributed by atoms with van der Waals surface area (Å²) in [6.07, 6.45) is 3.50. The van der Waals surface area contributed by atoms with Crippen LogP contribution in [0.3, 0.4) is 0 Å². The first-order chi connectivity index (χ1) is 6.86. The second kappa shape index (κ2) is 2.69. The fourth-order valence-electron chi connectivity index (χ4n) is 1.66. The molecule has 0 aliphatic rings. The SMILES string of the molecule is Cln1ccc2ccc3nnccc3c21. The number of nitrogens with zero attached hydrogens (tertiary/aromatic N) is 3. The van der Waals surface area contributed by atoms with E-state index in [1.165, 1.54) is 0 Å². The van der Waals surface area contributed by atoms with Gasteiger partial charge in [0.1, 0.15) is 0 Å². The first-order valence-electron chi connectivity index (χ1n) is 4.24. The predicted molar refractivity (Wildman–Crippen MR) is 56.3 cm³/mol. The van der Waals surface area contributed by atoms with Crippen LogP contribution in [0.25, 0.3) is 21.8 Å². The highest BCUT2D eigenvalue weighted by Crippen LogP contribution is 2.24.